The van der Waals surface area contributed by atoms with Crippen LogP contribution >= 0.6 is 0 Å². The van der Waals surface area contributed by atoms with Crippen LogP contribution in [-0.4, -0.2) is 29.7 Å². The van der Waals surface area contributed by atoms with E-state index in [1.165, 1.54) is 0 Å². The zero-order valence-electron chi connectivity index (χ0n) is 14.1. The average Bonchev–Trinajstić information content (AvgIpc) is 2.52. The number of anilines is 1. The summed E-state index contributed by atoms with van der Waals surface area (Å²) in [5, 5.41) is 2.88. The minimum absolute atomic E-state index is 0.133. The van der Waals surface area contributed by atoms with E-state index in [2.05, 4.69) is 10.3 Å². The first-order valence-corrected chi connectivity index (χ1v) is 8.10. The summed E-state index contributed by atoms with van der Waals surface area (Å²) in [6, 6.07) is 3.55. The van der Waals surface area contributed by atoms with Gasteiger partial charge in [0, 0.05) is 12.7 Å². The molecule has 0 radical (unpaired) electrons. The number of carbonyl (C=O) groups excluding carboxylic acids is 1. The highest BCUT2D eigenvalue weighted by Gasteiger charge is 2.33. The van der Waals surface area contributed by atoms with Crippen LogP contribution in [0.3, 0.4) is 0 Å². The van der Waals surface area contributed by atoms with Gasteiger partial charge in [0.1, 0.15) is 5.60 Å². The molecule has 124 valence electrons. The number of hydrogen-bond donors (Lipinski definition) is 1. The molecule has 22 heavy (non-hydrogen) atoms. The van der Waals surface area contributed by atoms with Gasteiger partial charge in [0.25, 0.3) is 5.91 Å². The molecule has 1 heterocycles. The van der Waals surface area contributed by atoms with Crippen molar-refractivity contribution in [3.63, 3.8) is 0 Å². The van der Waals surface area contributed by atoms with Crippen molar-refractivity contribution in [1.82, 2.24) is 4.98 Å². The van der Waals surface area contributed by atoms with E-state index < -0.39 is 5.60 Å². The van der Waals surface area contributed by atoms with Gasteiger partial charge in [-0.2, -0.15) is 0 Å². The van der Waals surface area contributed by atoms with E-state index in [1.807, 2.05) is 27.7 Å². The molecule has 1 aromatic rings. The van der Waals surface area contributed by atoms with Crippen molar-refractivity contribution in [3.05, 3.63) is 18.3 Å². The van der Waals surface area contributed by atoms with Gasteiger partial charge in [-0.3, -0.25) is 4.79 Å². The molecule has 0 spiro atoms. The molecule has 0 saturated heterocycles. The Bertz CT molecular complexity index is 448. The summed E-state index contributed by atoms with van der Waals surface area (Å²) >= 11 is 0. The van der Waals surface area contributed by atoms with Crippen LogP contribution in [0.25, 0.3) is 0 Å². The van der Waals surface area contributed by atoms with Crippen LogP contribution in [0.15, 0.2) is 18.3 Å². The predicted molar refractivity (Wildman–Crippen MR) is 88.2 cm³/mol. The number of amides is 1. The molecule has 1 aromatic heterocycles. The van der Waals surface area contributed by atoms with Crippen molar-refractivity contribution < 1.29 is 14.3 Å². The summed E-state index contributed by atoms with van der Waals surface area (Å²) in [5.41, 5.74) is -0.154. The van der Waals surface area contributed by atoms with Crippen molar-refractivity contribution >= 4 is 11.6 Å². The van der Waals surface area contributed by atoms with Gasteiger partial charge in [0.05, 0.1) is 18.5 Å². The Labute approximate surface area is 133 Å². The van der Waals surface area contributed by atoms with E-state index in [0.29, 0.717) is 31.2 Å². The Hall–Kier alpha value is -1.62. The first-order chi connectivity index (χ1) is 10.6. The second kappa shape index (κ2) is 9.41. The molecule has 0 aliphatic heterocycles. The van der Waals surface area contributed by atoms with Crippen LogP contribution in [0.4, 0.5) is 5.69 Å². The number of rotatable bonds is 10. The van der Waals surface area contributed by atoms with Gasteiger partial charge >= 0.3 is 0 Å². The van der Waals surface area contributed by atoms with E-state index in [-0.39, 0.29) is 5.91 Å². The maximum Gasteiger partial charge on any atom is 0.256 e. The molecule has 0 fully saturated rings. The quantitative estimate of drug-likeness (QED) is 0.714. The normalized spacial score (nSPS) is 13.5. The fraction of sp³-hybridized carbons (Fsp3) is 0.647. The molecule has 5 nitrogen and oxygen atoms in total. The lowest BCUT2D eigenvalue weighted by molar-refractivity contribution is -0.140. The monoisotopic (exact) mass is 308 g/mol. The number of nitrogens with one attached hydrogen (secondary N) is 1. The first kappa shape index (κ1) is 18.4. The summed E-state index contributed by atoms with van der Waals surface area (Å²) in [4.78, 5) is 16.7. The van der Waals surface area contributed by atoms with Crippen molar-refractivity contribution in [2.45, 2.75) is 59.0 Å². The van der Waals surface area contributed by atoms with Gasteiger partial charge in [0.2, 0.25) is 5.88 Å². The number of hydrogen-bond acceptors (Lipinski definition) is 4. The zero-order valence-corrected chi connectivity index (χ0v) is 14.1. The van der Waals surface area contributed by atoms with E-state index >= 15 is 0 Å². The van der Waals surface area contributed by atoms with Crippen molar-refractivity contribution in [2.75, 3.05) is 18.5 Å². The Balaban J connectivity index is 2.68. The Kier molecular flexibility index (Phi) is 7.88. The molecule has 0 aliphatic rings. The first-order valence-electron chi connectivity index (χ1n) is 8.10. The largest absolute Gasteiger partial charge is 0.478 e. The molecule has 0 aliphatic carbocycles. The van der Waals surface area contributed by atoms with Gasteiger partial charge in [-0.05, 0) is 32.3 Å². The highest BCUT2D eigenvalue weighted by atomic mass is 16.5. The average molecular weight is 308 g/mol. The lowest BCUT2D eigenvalue weighted by Gasteiger charge is -2.28. The van der Waals surface area contributed by atoms with Crippen LogP contribution in [0.2, 0.25) is 0 Å². The topological polar surface area (TPSA) is 60.5 Å². The third-order valence-corrected chi connectivity index (χ3v) is 3.28. The molecular formula is C17H28N2O3. The number of carbonyl (C=O) groups is 1. The molecule has 1 unspecified atom stereocenters. The fourth-order valence-electron chi connectivity index (χ4n) is 2.07. The SMILES string of the molecule is CCCOc1ccc(NC(=O)C(C)(CCC)OCCC)cn1. The number of pyridine rings is 1. The zero-order chi connectivity index (χ0) is 16.4. The third-order valence-electron chi connectivity index (χ3n) is 3.28. The van der Waals surface area contributed by atoms with Crippen LogP contribution < -0.4 is 10.1 Å². The molecule has 5 heteroatoms. The molecule has 1 N–H and O–H groups in total. The van der Waals surface area contributed by atoms with Crippen LogP contribution in [-0.2, 0) is 9.53 Å². The van der Waals surface area contributed by atoms with Crippen molar-refractivity contribution in [3.8, 4) is 5.88 Å². The summed E-state index contributed by atoms with van der Waals surface area (Å²) in [5.74, 6) is 0.435. The number of nitrogens with zero attached hydrogens (tertiary/aromatic N) is 1. The molecule has 0 aromatic carbocycles. The second-order valence-corrected chi connectivity index (χ2v) is 5.52. The van der Waals surface area contributed by atoms with Gasteiger partial charge in [-0.15, -0.1) is 0 Å². The van der Waals surface area contributed by atoms with Crippen LogP contribution in [0.1, 0.15) is 53.4 Å². The molecule has 1 rings (SSSR count). The lowest BCUT2D eigenvalue weighted by atomic mass is 9.99. The Morgan fingerprint density at radius 3 is 2.45 bits per heavy atom. The maximum atomic E-state index is 12.5. The van der Waals surface area contributed by atoms with Gasteiger partial charge < -0.3 is 14.8 Å². The molecule has 0 bridgehead atoms. The summed E-state index contributed by atoms with van der Waals surface area (Å²) in [7, 11) is 0. The van der Waals surface area contributed by atoms with Gasteiger partial charge in [-0.25, -0.2) is 4.98 Å². The fourth-order valence-corrected chi connectivity index (χ4v) is 2.07. The number of aromatic nitrogens is 1. The summed E-state index contributed by atoms with van der Waals surface area (Å²) in [6.07, 6.45) is 5.00. The van der Waals surface area contributed by atoms with Gasteiger partial charge in [0.15, 0.2) is 0 Å². The van der Waals surface area contributed by atoms with E-state index in [0.717, 1.165) is 19.3 Å². The summed E-state index contributed by atoms with van der Waals surface area (Å²) < 4.78 is 11.2. The van der Waals surface area contributed by atoms with Gasteiger partial charge in [-0.1, -0.05) is 27.2 Å². The highest BCUT2D eigenvalue weighted by Crippen LogP contribution is 2.21. The minimum atomic E-state index is -0.803. The van der Waals surface area contributed by atoms with Crippen LogP contribution in [0.5, 0.6) is 5.88 Å². The van der Waals surface area contributed by atoms with Crippen molar-refractivity contribution in [2.24, 2.45) is 0 Å². The summed E-state index contributed by atoms with van der Waals surface area (Å²) in [6.45, 7) is 9.17. The lowest BCUT2D eigenvalue weighted by Crippen LogP contribution is -2.43. The number of ether oxygens (including phenoxy) is 2. The minimum Gasteiger partial charge on any atom is -0.478 e. The van der Waals surface area contributed by atoms with Crippen molar-refractivity contribution in [1.29, 1.82) is 0 Å². The molecule has 1 atom stereocenters. The highest BCUT2D eigenvalue weighted by molar-refractivity contribution is 5.96. The molecular weight excluding hydrogens is 280 g/mol. The Morgan fingerprint density at radius 1 is 1.18 bits per heavy atom. The third kappa shape index (κ3) is 5.64. The van der Waals surface area contributed by atoms with Crippen LogP contribution in [0, 0.1) is 0 Å². The standard InChI is InChI=1S/C17H28N2O3/c1-5-10-17(4,22-12-7-3)16(20)19-14-8-9-15(18-13-14)21-11-6-2/h8-9,13H,5-7,10-12H2,1-4H3,(H,19,20). The predicted octanol–water partition coefficient (Wildman–Crippen LogP) is 3.79. The molecule has 1 amide bonds. The van der Waals surface area contributed by atoms with E-state index in [9.17, 15) is 4.79 Å². The smallest absolute Gasteiger partial charge is 0.256 e. The molecule has 0 saturated carbocycles. The maximum absolute atomic E-state index is 12.5. The Morgan fingerprint density at radius 2 is 1.91 bits per heavy atom. The second-order valence-electron chi connectivity index (χ2n) is 5.52. The van der Waals surface area contributed by atoms with E-state index in [4.69, 9.17) is 9.47 Å². The van der Waals surface area contributed by atoms with E-state index in [1.54, 1.807) is 18.3 Å².